The van der Waals surface area contributed by atoms with Gasteiger partial charge in [0.1, 0.15) is 11.9 Å². The molecule has 3 unspecified atom stereocenters. The summed E-state index contributed by atoms with van der Waals surface area (Å²) in [5, 5.41) is 0.514. The summed E-state index contributed by atoms with van der Waals surface area (Å²) in [6, 6.07) is 7.47. The Balaban J connectivity index is 1.60. The summed E-state index contributed by atoms with van der Waals surface area (Å²) < 4.78 is 34.9. The molecule has 0 saturated carbocycles. The molecular weight excluding hydrogens is 388 g/mol. The molecule has 9 heteroatoms. The fraction of sp³-hybridized carbons (Fsp3) is 0.556. The standard InChI is InChI=1S/C18H22N2O5S2/c1-24-13-5-2-4-12(8-13)9-20-14-10-27(22,23)11-16(14)26-18(20)19-17(21)15-6-3-7-25-15/h2,4-5,8,14-16H,3,6-7,9-11H2,1H3. The fourth-order valence-electron chi connectivity index (χ4n) is 3.73. The highest BCUT2D eigenvalue weighted by molar-refractivity contribution is 8.15. The molecule has 0 aromatic heterocycles. The van der Waals surface area contributed by atoms with Crippen molar-refractivity contribution in [3.05, 3.63) is 29.8 Å². The van der Waals surface area contributed by atoms with E-state index in [-0.39, 0.29) is 28.7 Å². The van der Waals surface area contributed by atoms with Gasteiger partial charge in [-0.25, -0.2) is 8.42 Å². The first-order valence-electron chi connectivity index (χ1n) is 8.96. The number of fused-ring (bicyclic) bond motifs is 1. The van der Waals surface area contributed by atoms with Gasteiger partial charge in [-0.1, -0.05) is 23.9 Å². The van der Waals surface area contributed by atoms with Gasteiger partial charge in [-0.3, -0.25) is 4.79 Å². The fourth-order valence-corrected chi connectivity index (χ4v) is 7.68. The summed E-state index contributed by atoms with van der Waals surface area (Å²) in [6.07, 6.45) is 1.09. The van der Waals surface area contributed by atoms with Gasteiger partial charge in [0, 0.05) is 18.4 Å². The van der Waals surface area contributed by atoms with E-state index in [2.05, 4.69) is 4.99 Å². The molecule has 0 radical (unpaired) electrons. The van der Waals surface area contributed by atoms with Crippen LogP contribution in [0.2, 0.25) is 0 Å². The number of hydrogen-bond acceptors (Lipinski definition) is 6. The van der Waals surface area contributed by atoms with Crippen molar-refractivity contribution in [1.29, 1.82) is 0 Å². The van der Waals surface area contributed by atoms with Crippen LogP contribution in [0.15, 0.2) is 29.3 Å². The van der Waals surface area contributed by atoms with Gasteiger partial charge >= 0.3 is 0 Å². The summed E-state index contributed by atoms with van der Waals surface area (Å²) in [6.45, 7) is 1.07. The first-order valence-corrected chi connectivity index (χ1v) is 11.7. The van der Waals surface area contributed by atoms with Crippen LogP contribution in [0.25, 0.3) is 0 Å². The summed E-state index contributed by atoms with van der Waals surface area (Å²) in [4.78, 5) is 18.7. The van der Waals surface area contributed by atoms with Crippen LogP contribution in [0.4, 0.5) is 0 Å². The van der Waals surface area contributed by atoms with Gasteiger partial charge in [0.05, 0.1) is 24.7 Å². The number of aliphatic imine (C=N–C) groups is 1. The van der Waals surface area contributed by atoms with Gasteiger partial charge in [0.25, 0.3) is 5.91 Å². The molecule has 0 bridgehead atoms. The Kier molecular flexibility index (Phi) is 5.17. The number of carbonyl (C=O) groups excluding carboxylic acids is 1. The van der Waals surface area contributed by atoms with Crippen molar-refractivity contribution in [1.82, 2.24) is 4.90 Å². The van der Waals surface area contributed by atoms with Gasteiger partial charge in [0.2, 0.25) is 0 Å². The summed E-state index contributed by atoms with van der Waals surface area (Å²) >= 11 is 1.40. The molecule has 3 heterocycles. The second-order valence-electron chi connectivity index (χ2n) is 7.01. The van der Waals surface area contributed by atoms with E-state index in [1.807, 2.05) is 29.2 Å². The van der Waals surface area contributed by atoms with E-state index >= 15 is 0 Å². The quantitative estimate of drug-likeness (QED) is 0.743. The van der Waals surface area contributed by atoms with E-state index in [4.69, 9.17) is 9.47 Å². The lowest BCUT2D eigenvalue weighted by Gasteiger charge is -2.24. The van der Waals surface area contributed by atoms with Crippen LogP contribution in [0, 0.1) is 0 Å². The molecule has 3 saturated heterocycles. The third kappa shape index (κ3) is 4.00. The highest BCUT2D eigenvalue weighted by Gasteiger charge is 2.48. The number of amidine groups is 1. The van der Waals surface area contributed by atoms with Gasteiger partial charge in [-0.05, 0) is 30.5 Å². The van der Waals surface area contributed by atoms with Crippen molar-refractivity contribution >= 4 is 32.7 Å². The highest BCUT2D eigenvalue weighted by Crippen LogP contribution is 2.39. The summed E-state index contributed by atoms with van der Waals surface area (Å²) in [7, 11) is -1.45. The number of amides is 1. The molecule has 0 aliphatic carbocycles. The minimum absolute atomic E-state index is 0.0864. The van der Waals surface area contributed by atoms with Crippen LogP contribution < -0.4 is 4.74 Å². The van der Waals surface area contributed by atoms with Crippen LogP contribution in [-0.4, -0.2) is 67.0 Å². The number of thioether (sulfide) groups is 1. The number of carbonyl (C=O) groups is 1. The smallest absolute Gasteiger partial charge is 0.277 e. The second-order valence-corrected chi connectivity index (χ2v) is 10.4. The minimum Gasteiger partial charge on any atom is -0.497 e. The van der Waals surface area contributed by atoms with E-state index in [9.17, 15) is 13.2 Å². The zero-order valence-corrected chi connectivity index (χ0v) is 16.7. The van der Waals surface area contributed by atoms with E-state index in [1.165, 1.54) is 11.8 Å². The molecule has 3 fully saturated rings. The monoisotopic (exact) mass is 410 g/mol. The predicted molar refractivity (Wildman–Crippen MR) is 104 cm³/mol. The highest BCUT2D eigenvalue weighted by atomic mass is 32.2. The Hall–Kier alpha value is -1.58. The molecular formula is C18H22N2O5S2. The number of benzene rings is 1. The molecule has 0 spiro atoms. The van der Waals surface area contributed by atoms with Crippen molar-refractivity contribution in [2.45, 2.75) is 36.8 Å². The third-order valence-corrected chi connectivity index (χ3v) is 8.32. The topological polar surface area (TPSA) is 85.3 Å². The molecule has 7 nitrogen and oxygen atoms in total. The Morgan fingerprint density at radius 3 is 3.00 bits per heavy atom. The van der Waals surface area contributed by atoms with Crippen molar-refractivity contribution in [3.63, 3.8) is 0 Å². The molecule has 1 aromatic rings. The van der Waals surface area contributed by atoms with E-state index in [0.29, 0.717) is 24.7 Å². The number of methoxy groups -OCH3 is 1. The van der Waals surface area contributed by atoms with Crippen molar-refractivity contribution in [2.75, 3.05) is 25.2 Å². The number of hydrogen-bond donors (Lipinski definition) is 0. The normalized spacial score (nSPS) is 30.6. The number of rotatable bonds is 4. The molecule has 3 atom stereocenters. The van der Waals surface area contributed by atoms with Crippen LogP contribution in [0.1, 0.15) is 18.4 Å². The maximum Gasteiger partial charge on any atom is 0.277 e. The minimum atomic E-state index is -3.06. The number of nitrogens with zero attached hydrogens (tertiary/aromatic N) is 2. The predicted octanol–water partition coefficient (Wildman–Crippen LogP) is 1.47. The van der Waals surface area contributed by atoms with Gasteiger partial charge in [-0.15, -0.1) is 0 Å². The van der Waals surface area contributed by atoms with Gasteiger partial charge in [-0.2, -0.15) is 4.99 Å². The van der Waals surface area contributed by atoms with Crippen molar-refractivity contribution in [2.24, 2.45) is 4.99 Å². The lowest BCUT2D eigenvalue weighted by atomic mass is 10.1. The van der Waals surface area contributed by atoms with E-state index in [1.54, 1.807) is 7.11 Å². The molecule has 1 aromatic carbocycles. The van der Waals surface area contributed by atoms with Crippen molar-refractivity contribution < 1.29 is 22.7 Å². The molecule has 3 aliphatic heterocycles. The zero-order valence-electron chi connectivity index (χ0n) is 15.0. The Bertz CT molecular complexity index is 864. The third-order valence-electron chi connectivity index (χ3n) is 5.07. The zero-order chi connectivity index (χ0) is 19.0. The van der Waals surface area contributed by atoms with Gasteiger partial charge < -0.3 is 14.4 Å². The molecule has 1 amide bonds. The molecule has 4 rings (SSSR count). The average Bonchev–Trinajstić information content (AvgIpc) is 3.32. The first kappa shape index (κ1) is 18.8. The Morgan fingerprint density at radius 2 is 2.26 bits per heavy atom. The lowest BCUT2D eigenvalue weighted by Crippen LogP contribution is -2.37. The second kappa shape index (κ2) is 7.44. The van der Waals surface area contributed by atoms with Crippen molar-refractivity contribution in [3.8, 4) is 5.75 Å². The van der Waals surface area contributed by atoms with E-state index in [0.717, 1.165) is 17.7 Å². The number of ether oxygens (including phenoxy) is 2. The summed E-state index contributed by atoms with van der Waals surface area (Å²) in [5.41, 5.74) is 0.983. The van der Waals surface area contributed by atoms with Crippen LogP contribution in [-0.2, 0) is 25.9 Å². The average molecular weight is 411 g/mol. The Labute approximate surface area is 163 Å². The first-order chi connectivity index (χ1) is 12.9. The van der Waals surface area contributed by atoms with Gasteiger partial charge in [0.15, 0.2) is 15.0 Å². The van der Waals surface area contributed by atoms with E-state index < -0.39 is 15.9 Å². The number of sulfone groups is 1. The molecule has 146 valence electrons. The maximum atomic E-state index is 12.5. The lowest BCUT2D eigenvalue weighted by molar-refractivity contribution is -0.126. The summed E-state index contributed by atoms with van der Waals surface area (Å²) in [5.74, 6) is 0.698. The SMILES string of the molecule is COc1cccc(CN2C(=NC(=O)C3CCCO3)SC3CS(=O)(=O)CC32)c1. The van der Waals surface area contributed by atoms with Crippen LogP contribution in [0.5, 0.6) is 5.75 Å². The molecule has 3 aliphatic rings. The maximum absolute atomic E-state index is 12.5. The molecule has 0 N–H and O–H groups in total. The Morgan fingerprint density at radius 1 is 1.41 bits per heavy atom. The van der Waals surface area contributed by atoms with Crippen LogP contribution in [0.3, 0.4) is 0 Å². The van der Waals surface area contributed by atoms with Crippen LogP contribution >= 0.6 is 11.8 Å². The molecule has 27 heavy (non-hydrogen) atoms. The largest absolute Gasteiger partial charge is 0.497 e.